The summed E-state index contributed by atoms with van der Waals surface area (Å²) in [6, 6.07) is 6.93. The number of benzene rings is 1. The molecule has 1 N–H and O–H groups in total. The van der Waals surface area contributed by atoms with E-state index in [2.05, 4.69) is 10.1 Å². The molecule has 0 heterocycles. The van der Waals surface area contributed by atoms with Gasteiger partial charge in [-0.25, -0.2) is 0 Å². The summed E-state index contributed by atoms with van der Waals surface area (Å²) in [5.74, 6) is 0.826. The molecule has 0 bridgehead atoms. The van der Waals surface area contributed by atoms with Gasteiger partial charge in [-0.1, -0.05) is 12.1 Å². The van der Waals surface area contributed by atoms with E-state index in [-0.39, 0.29) is 17.8 Å². The molecule has 1 aromatic rings. The topological polar surface area (TPSA) is 38.3 Å². The van der Waals surface area contributed by atoms with Gasteiger partial charge in [0.05, 0.1) is 0 Å². The van der Waals surface area contributed by atoms with E-state index in [1.807, 2.05) is 13.8 Å². The van der Waals surface area contributed by atoms with E-state index < -0.39 is 17.4 Å². The van der Waals surface area contributed by atoms with Gasteiger partial charge in [0.2, 0.25) is 0 Å². The number of hydrogen-bond acceptors (Lipinski definition) is 3. The van der Waals surface area contributed by atoms with Crippen LogP contribution < -0.4 is 10.1 Å². The fraction of sp³-hybridized carbons (Fsp3) is 0.571. The average molecular weight is 305 g/mol. The van der Waals surface area contributed by atoms with Crippen LogP contribution in [0.15, 0.2) is 24.3 Å². The molecule has 0 spiro atoms. The second-order valence-electron chi connectivity index (χ2n) is 4.80. The fourth-order valence-electron chi connectivity index (χ4n) is 1.89. The number of alkyl halides is 2. The fourth-order valence-corrected chi connectivity index (χ4v) is 2.57. The summed E-state index contributed by atoms with van der Waals surface area (Å²) < 4.78 is 39.4. The highest BCUT2D eigenvalue weighted by atomic mass is 32.2. The quantitative estimate of drug-likeness (QED) is 0.802. The molecule has 1 rings (SSSR count). The Morgan fingerprint density at radius 2 is 1.85 bits per heavy atom. The van der Waals surface area contributed by atoms with Gasteiger partial charge in [0.25, 0.3) is 0 Å². The Balaban J connectivity index is 2.50. The van der Waals surface area contributed by atoms with Crippen molar-refractivity contribution >= 4 is 10.8 Å². The van der Waals surface area contributed by atoms with Gasteiger partial charge < -0.3 is 10.1 Å². The number of rotatable bonds is 8. The largest absolute Gasteiger partial charge is 0.435 e. The molecular formula is C14H21F2NO2S. The first kappa shape index (κ1) is 17.0. The molecule has 0 fully saturated rings. The van der Waals surface area contributed by atoms with Crippen molar-refractivity contribution in [1.82, 2.24) is 5.32 Å². The normalized spacial score (nSPS) is 15.9. The van der Waals surface area contributed by atoms with Gasteiger partial charge in [-0.2, -0.15) is 8.78 Å². The van der Waals surface area contributed by atoms with E-state index in [9.17, 15) is 13.0 Å². The predicted molar refractivity (Wildman–Crippen MR) is 77.6 cm³/mol. The Morgan fingerprint density at radius 3 is 2.35 bits per heavy atom. The summed E-state index contributed by atoms with van der Waals surface area (Å²) in [6.45, 7) is 1.24. The van der Waals surface area contributed by atoms with Crippen LogP contribution in [0.4, 0.5) is 8.78 Å². The van der Waals surface area contributed by atoms with Crippen LogP contribution in [0.2, 0.25) is 0 Å². The van der Waals surface area contributed by atoms with Crippen LogP contribution in [0.25, 0.3) is 0 Å². The monoisotopic (exact) mass is 305 g/mol. The Hall–Kier alpha value is -1.01. The first-order chi connectivity index (χ1) is 9.38. The molecule has 0 saturated carbocycles. The van der Waals surface area contributed by atoms with E-state index in [1.165, 1.54) is 12.1 Å². The van der Waals surface area contributed by atoms with Crippen molar-refractivity contribution in [2.24, 2.45) is 0 Å². The number of hydrogen-bond donors (Lipinski definition) is 1. The number of halogens is 2. The Kier molecular flexibility index (Phi) is 7.09. The van der Waals surface area contributed by atoms with E-state index >= 15 is 0 Å². The van der Waals surface area contributed by atoms with Crippen LogP contribution in [-0.4, -0.2) is 28.9 Å². The van der Waals surface area contributed by atoms with Gasteiger partial charge in [-0.15, -0.1) is 0 Å². The third-order valence-electron chi connectivity index (χ3n) is 2.98. The van der Waals surface area contributed by atoms with Crippen LogP contribution in [0.1, 0.15) is 31.9 Å². The second kappa shape index (κ2) is 8.32. The van der Waals surface area contributed by atoms with Crippen molar-refractivity contribution in [3.05, 3.63) is 29.8 Å². The molecule has 0 aliphatic heterocycles. The molecule has 0 aromatic heterocycles. The summed E-state index contributed by atoms with van der Waals surface area (Å²) in [6.07, 6.45) is 2.53. The first-order valence-corrected chi connectivity index (χ1v) is 8.22. The summed E-state index contributed by atoms with van der Waals surface area (Å²) in [5, 5.41) is 3.39. The van der Waals surface area contributed by atoms with Crippen molar-refractivity contribution in [3.8, 4) is 5.75 Å². The summed E-state index contributed by atoms with van der Waals surface area (Å²) in [4.78, 5) is 0. The van der Waals surface area contributed by atoms with Crippen molar-refractivity contribution in [3.63, 3.8) is 0 Å². The Labute approximate surface area is 121 Å². The van der Waals surface area contributed by atoms with Crippen LogP contribution in [-0.2, 0) is 10.8 Å². The zero-order valence-corrected chi connectivity index (χ0v) is 12.8. The first-order valence-electron chi connectivity index (χ1n) is 6.49. The predicted octanol–water partition coefficient (Wildman–Crippen LogP) is 3.10. The average Bonchev–Trinajstić information content (AvgIpc) is 2.36. The van der Waals surface area contributed by atoms with Gasteiger partial charge >= 0.3 is 6.61 Å². The molecule has 0 amide bonds. The summed E-state index contributed by atoms with van der Waals surface area (Å²) in [7, 11) is -0.782. The molecule has 20 heavy (non-hydrogen) atoms. The Morgan fingerprint density at radius 1 is 1.25 bits per heavy atom. The molecule has 6 heteroatoms. The van der Waals surface area contributed by atoms with E-state index in [4.69, 9.17) is 0 Å². The van der Waals surface area contributed by atoms with Crippen LogP contribution in [0.5, 0.6) is 5.75 Å². The maximum atomic E-state index is 12.0. The Bertz CT molecular complexity index is 426. The van der Waals surface area contributed by atoms with Crippen molar-refractivity contribution in [1.29, 1.82) is 0 Å². The molecule has 3 unspecified atom stereocenters. The molecule has 3 atom stereocenters. The molecule has 0 aliphatic rings. The van der Waals surface area contributed by atoms with Crippen LogP contribution in [0, 0.1) is 0 Å². The minimum absolute atomic E-state index is 0.0934. The van der Waals surface area contributed by atoms with Gasteiger partial charge in [0, 0.05) is 34.9 Å². The molecule has 1 aromatic carbocycles. The lowest BCUT2D eigenvalue weighted by molar-refractivity contribution is -0.0498. The van der Waals surface area contributed by atoms with Gasteiger partial charge in [0.15, 0.2) is 0 Å². The van der Waals surface area contributed by atoms with E-state index in [0.29, 0.717) is 5.75 Å². The molecule has 0 radical (unpaired) electrons. The summed E-state index contributed by atoms with van der Waals surface area (Å²) in [5.41, 5.74) is 0.996. The van der Waals surface area contributed by atoms with Gasteiger partial charge in [-0.05, 0) is 38.0 Å². The molecule has 3 nitrogen and oxygen atoms in total. The van der Waals surface area contributed by atoms with Crippen molar-refractivity contribution in [2.75, 3.05) is 12.0 Å². The summed E-state index contributed by atoms with van der Waals surface area (Å²) >= 11 is 0. The van der Waals surface area contributed by atoms with Gasteiger partial charge in [0.1, 0.15) is 5.75 Å². The second-order valence-corrected chi connectivity index (χ2v) is 6.36. The molecule has 0 saturated heterocycles. The maximum Gasteiger partial charge on any atom is 0.387 e. The van der Waals surface area contributed by atoms with Crippen LogP contribution in [0.3, 0.4) is 0 Å². The zero-order chi connectivity index (χ0) is 15.1. The standard InChI is InChI=1S/C14H21F2NO2S/c1-10(8-9-20(3)18)17-11(2)12-4-6-13(7-5-12)19-14(15)16/h4-7,10-11,14,17H,8-9H2,1-3H3. The SMILES string of the molecule is CC(CCS(C)=O)NC(C)c1ccc(OC(F)F)cc1. The lowest BCUT2D eigenvalue weighted by Gasteiger charge is -2.20. The highest BCUT2D eigenvalue weighted by Gasteiger charge is 2.11. The maximum absolute atomic E-state index is 12.0. The van der Waals surface area contributed by atoms with Crippen molar-refractivity contribution < 1.29 is 17.7 Å². The van der Waals surface area contributed by atoms with E-state index in [1.54, 1.807) is 18.4 Å². The van der Waals surface area contributed by atoms with E-state index in [0.717, 1.165) is 12.0 Å². The lowest BCUT2D eigenvalue weighted by atomic mass is 10.1. The minimum Gasteiger partial charge on any atom is -0.435 e. The third kappa shape index (κ3) is 6.43. The van der Waals surface area contributed by atoms with Crippen LogP contribution >= 0.6 is 0 Å². The third-order valence-corrected chi connectivity index (χ3v) is 3.79. The van der Waals surface area contributed by atoms with Gasteiger partial charge in [-0.3, -0.25) is 4.21 Å². The minimum atomic E-state index is -2.80. The molecular weight excluding hydrogens is 284 g/mol. The number of ether oxygens (including phenoxy) is 1. The van der Waals surface area contributed by atoms with Crippen molar-refractivity contribution in [2.45, 2.75) is 39.0 Å². The smallest absolute Gasteiger partial charge is 0.387 e. The zero-order valence-electron chi connectivity index (χ0n) is 11.9. The molecule has 114 valence electrons. The number of nitrogens with one attached hydrogen (secondary N) is 1. The molecule has 0 aliphatic carbocycles. The lowest BCUT2D eigenvalue weighted by Crippen LogP contribution is -2.30. The highest BCUT2D eigenvalue weighted by molar-refractivity contribution is 7.84. The highest BCUT2D eigenvalue weighted by Crippen LogP contribution is 2.19.